The monoisotopic (exact) mass is 434 g/mol. The number of halogens is 3. The third-order valence-corrected chi connectivity index (χ3v) is 5.01. The second-order valence-corrected chi connectivity index (χ2v) is 7.46. The molecule has 164 valence electrons. The zero-order valence-electron chi connectivity index (χ0n) is 16.7. The Morgan fingerprint density at radius 1 is 1.23 bits per heavy atom. The molecule has 2 N–H and O–H groups in total. The largest absolute Gasteiger partial charge is 0.417 e. The molecule has 1 saturated heterocycles. The average Bonchev–Trinajstić information content (AvgIpc) is 2.74. The predicted molar refractivity (Wildman–Crippen MR) is 106 cm³/mol. The van der Waals surface area contributed by atoms with Crippen molar-refractivity contribution in [3.63, 3.8) is 0 Å². The fourth-order valence-corrected chi connectivity index (χ4v) is 3.35. The second-order valence-electron chi connectivity index (χ2n) is 7.46. The molecule has 1 fully saturated rings. The Labute approximate surface area is 176 Å². The summed E-state index contributed by atoms with van der Waals surface area (Å²) in [6.45, 7) is 3.78. The minimum absolute atomic E-state index is 0.0143. The number of nitrogens with one attached hydrogen (secondary N) is 1. The maximum absolute atomic E-state index is 13.1. The van der Waals surface area contributed by atoms with Crippen molar-refractivity contribution >= 4 is 17.3 Å². The number of nitriles is 1. The number of piperazine rings is 1. The smallest absolute Gasteiger partial charge is 0.379 e. The van der Waals surface area contributed by atoms with E-state index in [0.717, 1.165) is 11.8 Å². The molecule has 0 radical (unpaired) electrons. The maximum Gasteiger partial charge on any atom is 0.417 e. The van der Waals surface area contributed by atoms with E-state index >= 15 is 0 Å². The van der Waals surface area contributed by atoms with Crippen LogP contribution in [-0.4, -0.2) is 64.2 Å². The number of amides is 1. The first-order chi connectivity index (χ1) is 14.6. The van der Waals surface area contributed by atoms with Crippen LogP contribution in [0.3, 0.4) is 0 Å². The number of nitrogens with zero attached hydrogens (tertiary/aromatic N) is 5. The number of aliphatic hydroxyl groups is 1. The molecule has 0 bridgehead atoms. The van der Waals surface area contributed by atoms with E-state index in [4.69, 9.17) is 5.26 Å². The second kappa shape index (κ2) is 8.87. The van der Waals surface area contributed by atoms with Crippen LogP contribution in [-0.2, 0) is 11.0 Å². The van der Waals surface area contributed by atoms with Gasteiger partial charge in [-0.1, -0.05) is 0 Å². The number of hydrogen-bond acceptors (Lipinski definition) is 7. The van der Waals surface area contributed by atoms with Crippen molar-refractivity contribution in [2.24, 2.45) is 0 Å². The molecule has 0 saturated carbocycles. The molecule has 1 amide bonds. The van der Waals surface area contributed by atoms with Gasteiger partial charge < -0.3 is 15.3 Å². The van der Waals surface area contributed by atoms with Crippen LogP contribution in [0.2, 0.25) is 0 Å². The standard InChI is InChI=1S/C20H21F3N6O2/c1-19(31,12-28-4-6-29(7-5-28)16-10-25-13-26-11-16)18(30)27-15-3-2-14(9-24)17(8-15)20(21,22)23/h2-3,8,10-11,13,31H,4-7,12H2,1H3,(H,27,30). The highest BCUT2D eigenvalue weighted by Gasteiger charge is 2.36. The Bertz CT molecular complexity index is 967. The Morgan fingerprint density at radius 2 is 1.87 bits per heavy atom. The summed E-state index contributed by atoms with van der Waals surface area (Å²) in [5, 5.41) is 21.8. The van der Waals surface area contributed by atoms with Crippen molar-refractivity contribution in [2.75, 3.05) is 42.9 Å². The number of β-amino-alcohol motifs (C(OH)–C–C–N with tert-alkyl or cyclic N) is 1. The van der Waals surface area contributed by atoms with Gasteiger partial charge in [0.05, 0.1) is 35.3 Å². The molecule has 3 rings (SSSR count). The summed E-state index contributed by atoms with van der Waals surface area (Å²) >= 11 is 0. The molecule has 0 aliphatic carbocycles. The fraction of sp³-hybridized carbons (Fsp3) is 0.400. The summed E-state index contributed by atoms with van der Waals surface area (Å²) in [6, 6.07) is 4.35. The molecule has 2 heterocycles. The maximum atomic E-state index is 13.1. The number of hydrogen-bond donors (Lipinski definition) is 2. The van der Waals surface area contributed by atoms with Crippen LogP contribution in [0.15, 0.2) is 36.9 Å². The van der Waals surface area contributed by atoms with Crippen LogP contribution >= 0.6 is 0 Å². The summed E-state index contributed by atoms with van der Waals surface area (Å²) in [5.74, 6) is -0.829. The number of carbonyl (C=O) groups is 1. The van der Waals surface area contributed by atoms with Gasteiger partial charge >= 0.3 is 6.18 Å². The summed E-state index contributed by atoms with van der Waals surface area (Å²) in [7, 11) is 0. The van der Waals surface area contributed by atoms with Crippen molar-refractivity contribution in [1.82, 2.24) is 14.9 Å². The Hall–Kier alpha value is -3.23. The highest BCUT2D eigenvalue weighted by Crippen LogP contribution is 2.33. The van der Waals surface area contributed by atoms with Crippen molar-refractivity contribution in [1.29, 1.82) is 5.26 Å². The Kier molecular flexibility index (Phi) is 6.42. The zero-order valence-corrected chi connectivity index (χ0v) is 16.7. The van der Waals surface area contributed by atoms with E-state index < -0.39 is 28.8 Å². The van der Waals surface area contributed by atoms with Gasteiger partial charge in [-0.15, -0.1) is 0 Å². The van der Waals surface area contributed by atoms with Gasteiger partial charge in [0, 0.05) is 38.4 Å². The van der Waals surface area contributed by atoms with E-state index in [-0.39, 0.29) is 12.2 Å². The summed E-state index contributed by atoms with van der Waals surface area (Å²) in [4.78, 5) is 24.5. The van der Waals surface area contributed by atoms with Crippen molar-refractivity contribution in [3.8, 4) is 6.07 Å². The van der Waals surface area contributed by atoms with E-state index in [1.165, 1.54) is 25.4 Å². The quantitative estimate of drug-likeness (QED) is 0.740. The molecule has 8 nitrogen and oxygen atoms in total. The zero-order chi connectivity index (χ0) is 22.6. The number of anilines is 2. The van der Waals surface area contributed by atoms with Crippen LogP contribution in [0.4, 0.5) is 24.5 Å². The van der Waals surface area contributed by atoms with Gasteiger partial charge in [0.1, 0.15) is 6.33 Å². The number of aromatic nitrogens is 2. The number of benzene rings is 1. The molecule has 31 heavy (non-hydrogen) atoms. The van der Waals surface area contributed by atoms with Gasteiger partial charge in [0.25, 0.3) is 5.91 Å². The lowest BCUT2D eigenvalue weighted by atomic mass is 10.0. The lowest BCUT2D eigenvalue weighted by Crippen LogP contribution is -2.54. The van der Waals surface area contributed by atoms with Gasteiger partial charge in [-0.3, -0.25) is 9.69 Å². The third-order valence-electron chi connectivity index (χ3n) is 5.01. The summed E-state index contributed by atoms with van der Waals surface area (Å²) in [6.07, 6.45) is 0.122. The Balaban J connectivity index is 1.61. The van der Waals surface area contributed by atoms with Crippen LogP contribution in [0.1, 0.15) is 18.1 Å². The van der Waals surface area contributed by atoms with Crippen LogP contribution < -0.4 is 10.2 Å². The Morgan fingerprint density at radius 3 is 2.45 bits per heavy atom. The molecule has 1 atom stereocenters. The van der Waals surface area contributed by atoms with E-state index in [2.05, 4.69) is 20.2 Å². The first-order valence-electron chi connectivity index (χ1n) is 9.47. The molecule has 1 aromatic carbocycles. The molecule has 2 aromatic rings. The first kappa shape index (κ1) is 22.5. The molecule has 1 unspecified atom stereocenters. The normalized spacial score (nSPS) is 17.0. The molecule has 1 aliphatic rings. The number of alkyl halides is 3. The SMILES string of the molecule is CC(O)(CN1CCN(c2cncnc2)CC1)C(=O)Nc1ccc(C#N)c(C(F)(F)F)c1. The summed E-state index contributed by atoms with van der Waals surface area (Å²) in [5.41, 5.74) is -2.78. The topological polar surface area (TPSA) is 105 Å². The van der Waals surface area contributed by atoms with Crippen LogP contribution in [0.25, 0.3) is 0 Å². The highest BCUT2D eigenvalue weighted by molar-refractivity contribution is 5.97. The number of rotatable bonds is 5. The van der Waals surface area contributed by atoms with Crippen molar-refractivity contribution < 1.29 is 23.1 Å². The molecular weight excluding hydrogens is 413 g/mol. The van der Waals surface area contributed by atoms with Gasteiger partial charge in [0.15, 0.2) is 5.60 Å². The predicted octanol–water partition coefficient (Wildman–Crippen LogP) is 1.88. The van der Waals surface area contributed by atoms with Crippen LogP contribution in [0, 0.1) is 11.3 Å². The summed E-state index contributed by atoms with van der Waals surface area (Å²) < 4.78 is 39.4. The molecule has 1 aromatic heterocycles. The lowest BCUT2D eigenvalue weighted by molar-refractivity contribution is -0.138. The van der Waals surface area contributed by atoms with E-state index in [1.54, 1.807) is 12.4 Å². The van der Waals surface area contributed by atoms with E-state index in [1.807, 2.05) is 4.90 Å². The minimum atomic E-state index is -4.74. The van der Waals surface area contributed by atoms with Gasteiger partial charge in [-0.25, -0.2) is 9.97 Å². The van der Waals surface area contributed by atoms with Crippen molar-refractivity contribution in [3.05, 3.63) is 48.0 Å². The van der Waals surface area contributed by atoms with Crippen molar-refractivity contribution in [2.45, 2.75) is 18.7 Å². The molecule has 11 heteroatoms. The third kappa shape index (κ3) is 5.48. The van der Waals surface area contributed by atoms with Gasteiger partial charge in [-0.05, 0) is 25.1 Å². The molecule has 1 aliphatic heterocycles. The van der Waals surface area contributed by atoms with Crippen LogP contribution in [0.5, 0.6) is 0 Å². The molecular formula is C20H21F3N6O2. The van der Waals surface area contributed by atoms with E-state index in [9.17, 15) is 23.1 Å². The van der Waals surface area contributed by atoms with E-state index in [0.29, 0.717) is 32.2 Å². The van der Waals surface area contributed by atoms with Gasteiger partial charge in [-0.2, -0.15) is 18.4 Å². The minimum Gasteiger partial charge on any atom is -0.379 e. The average molecular weight is 434 g/mol. The van der Waals surface area contributed by atoms with Gasteiger partial charge in [0.2, 0.25) is 0 Å². The number of carbonyl (C=O) groups excluding carboxylic acids is 1. The first-order valence-corrected chi connectivity index (χ1v) is 9.47. The fourth-order valence-electron chi connectivity index (χ4n) is 3.35. The highest BCUT2D eigenvalue weighted by atomic mass is 19.4. The molecule has 0 spiro atoms. The lowest BCUT2D eigenvalue weighted by Gasteiger charge is -2.38.